The molecule has 0 spiro atoms. The Bertz CT molecular complexity index is 357. The second kappa shape index (κ2) is 2.70. The summed E-state index contributed by atoms with van der Waals surface area (Å²) in [7, 11) is 0. The van der Waals surface area contributed by atoms with Crippen LogP contribution in [-0.2, 0) is 5.54 Å². The average molecular weight is 202 g/mol. The second-order valence-electron chi connectivity index (χ2n) is 3.76. The zero-order valence-corrected chi connectivity index (χ0v) is 7.30. The summed E-state index contributed by atoms with van der Waals surface area (Å²) in [4.78, 5) is 3.58. The molecule has 2 N–H and O–H groups in total. The molecule has 0 aromatic carbocycles. The van der Waals surface area contributed by atoms with Crippen molar-refractivity contribution in [3.63, 3.8) is 0 Å². The minimum atomic E-state index is -2.72. The predicted octanol–water partition coefficient (Wildman–Crippen LogP) is 1.80. The standard InChI is InChI=1S/C9H9F3N2/c10-7-1-6(2-14-3-7)8(13)4-9(11,12)5-8/h1-3H,4-5,13H2. The van der Waals surface area contributed by atoms with Crippen LogP contribution in [0, 0.1) is 5.82 Å². The molecule has 0 aliphatic heterocycles. The highest BCUT2D eigenvalue weighted by atomic mass is 19.3. The second-order valence-corrected chi connectivity index (χ2v) is 3.76. The minimum absolute atomic E-state index is 0.337. The maximum atomic E-state index is 12.7. The lowest BCUT2D eigenvalue weighted by molar-refractivity contribution is -0.125. The van der Waals surface area contributed by atoms with Crippen molar-refractivity contribution in [3.8, 4) is 0 Å². The Kier molecular flexibility index (Phi) is 1.82. The Morgan fingerprint density at radius 1 is 1.29 bits per heavy atom. The van der Waals surface area contributed by atoms with Crippen LogP contribution >= 0.6 is 0 Å². The van der Waals surface area contributed by atoms with Gasteiger partial charge in [-0.25, -0.2) is 13.2 Å². The number of pyridine rings is 1. The number of nitrogens with two attached hydrogens (primary N) is 1. The summed E-state index contributed by atoms with van der Waals surface area (Å²) in [6.45, 7) is 0. The van der Waals surface area contributed by atoms with Gasteiger partial charge in [-0.1, -0.05) is 0 Å². The summed E-state index contributed by atoms with van der Waals surface area (Å²) in [6, 6.07) is 1.16. The Morgan fingerprint density at radius 3 is 2.43 bits per heavy atom. The fourth-order valence-corrected chi connectivity index (χ4v) is 1.76. The number of aromatic nitrogens is 1. The maximum Gasteiger partial charge on any atom is 0.252 e. The summed E-state index contributed by atoms with van der Waals surface area (Å²) < 4.78 is 38.0. The van der Waals surface area contributed by atoms with Gasteiger partial charge in [-0.05, 0) is 11.6 Å². The SMILES string of the molecule is NC1(c2cncc(F)c2)CC(F)(F)C1. The molecule has 1 aromatic rings. The van der Waals surface area contributed by atoms with E-state index < -0.39 is 30.1 Å². The Hall–Kier alpha value is -1.10. The van der Waals surface area contributed by atoms with Gasteiger partial charge in [-0.3, -0.25) is 4.98 Å². The van der Waals surface area contributed by atoms with E-state index in [0.717, 1.165) is 12.3 Å². The lowest BCUT2D eigenvalue weighted by Gasteiger charge is -2.44. The highest BCUT2D eigenvalue weighted by Crippen LogP contribution is 2.49. The van der Waals surface area contributed by atoms with Gasteiger partial charge in [0.25, 0.3) is 5.92 Å². The topological polar surface area (TPSA) is 38.9 Å². The maximum absolute atomic E-state index is 12.7. The first kappa shape index (κ1) is 9.45. The van der Waals surface area contributed by atoms with Crippen LogP contribution in [0.5, 0.6) is 0 Å². The number of alkyl halides is 2. The number of halogens is 3. The smallest absolute Gasteiger partial charge is 0.252 e. The van der Waals surface area contributed by atoms with Crippen molar-refractivity contribution < 1.29 is 13.2 Å². The third kappa shape index (κ3) is 1.48. The minimum Gasteiger partial charge on any atom is -0.321 e. The molecule has 5 heteroatoms. The molecular formula is C9H9F3N2. The monoisotopic (exact) mass is 202 g/mol. The number of rotatable bonds is 1. The van der Waals surface area contributed by atoms with E-state index >= 15 is 0 Å². The van der Waals surface area contributed by atoms with Crippen LogP contribution in [0.4, 0.5) is 13.2 Å². The molecule has 0 bridgehead atoms. The molecule has 1 aliphatic rings. The summed E-state index contributed by atoms with van der Waals surface area (Å²) >= 11 is 0. The molecule has 0 atom stereocenters. The van der Waals surface area contributed by atoms with E-state index in [1.807, 2.05) is 0 Å². The van der Waals surface area contributed by atoms with E-state index in [1.165, 1.54) is 6.20 Å². The van der Waals surface area contributed by atoms with Crippen molar-refractivity contribution >= 4 is 0 Å². The molecule has 14 heavy (non-hydrogen) atoms. The molecule has 1 aliphatic carbocycles. The van der Waals surface area contributed by atoms with E-state index in [-0.39, 0.29) is 0 Å². The van der Waals surface area contributed by atoms with E-state index in [0.29, 0.717) is 5.56 Å². The summed E-state index contributed by atoms with van der Waals surface area (Å²) in [5.74, 6) is -3.27. The average Bonchev–Trinajstić information content (AvgIpc) is 2.00. The van der Waals surface area contributed by atoms with Gasteiger partial charge in [0.05, 0.1) is 11.7 Å². The van der Waals surface area contributed by atoms with Crippen molar-refractivity contribution in [2.45, 2.75) is 24.3 Å². The number of hydrogen-bond acceptors (Lipinski definition) is 2. The van der Waals surface area contributed by atoms with Gasteiger partial charge in [0, 0.05) is 19.0 Å². The van der Waals surface area contributed by atoms with Crippen LogP contribution in [0.3, 0.4) is 0 Å². The van der Waals surface area contributed by atoms with Crippen LogP contribution in [0.25, 0.3) is 0 Å². The number of hydrogen-bond donors (Lipinski definition) is 1. The van der Waals surface area contributed by atoms with Crippen LogP contribution in [0.1, 0.15) is 18.4 Å². The molecule has 1 saturated carbocycles. The highest BCUT2D eigenvalue weighted by molar-refractivity contribution is 5.26. The lowest BCUT2D eigenvalue weighted by atomic mass is 9.70. The van der Waals surface area contributed by atoms with Crippen molar-refractivity contribution in [2.24, 2.45) is 5.73 Å². The molecule has 0 saturated heterocycles. The molecule has 1 heterocycles. The number of nitrogens with zero attached hydrogens (tertiary/aromatic N) is 1. The molecule has 0 radical (unpaired) electrons. The van der Waals surface area contributed by atoms with Gasteiger partial charge >= 0.3 is 0 Å². The molecule has 2 rings (SSSR count). The van der Waals surface area contributed by atoms with Crippen molar-refractivity contribution in [1.29, 1.82) is 0 Å². The molecule has 1 aromatic heterocycles. The molecule has 0 amide bonds. The van der Waals surface area contributed by atoms with Crippen LogP contribution in [0.2, 0.25) is 0 Å². The fraction of sp³-hybridized carbons (Fsp3) is 0.444. The molecule has 1 fully saturated rings. The molecule has 0 unspecified atom stereocenters. The van der Waals surface area contributed by atoms with Gasteiger partial charge in [0.2, 0.25) is 0 Å². The van der Waals surface area contributed by atoms with Crippen molar-refractivity contribution in [1.82, 2.24) is 4.98 Å². The first-order valence-corrected chi connectivity index (χ1v) is 4.19. The fourth-order valence-electron chi connectivity index (χ4n) is 1.76. The summed E-state index contributed by atoms with van der Waals surface area (Å²) in [5.41, 5.74) is 4.91. The third-order valence-corrected chi connectivity index (χ3v) is 2.43. The van der Waals surface area contributed by atoms with Gasteiger partial charge in [0.1, 0.15) is 5.82 Å². The first-order chi connectivity index (χ1) is 6.41. The predicted molar refractivity (Wildman–Crippen MR) is 44.2 cm³/mol. The zero-order chi connectivity index (χ0) is 10.4. The normalized spacial score (nSPS) is 22.9. The van der Waals surface area contributed by atoms with E-state index in [1.54, 1.807) is 0 Å². The Morgan fingerprint density at radius 2 is 1.93 bits per heavy atom. The van der Waals surface area contributed by atoms with Crippen LogP contribution in [-0.4, -0.2) is 10.9 Å². The van der Waals surface area contributed by atoms with E-state index in [9.17, 15) is 13.2 Å². The highest BCUT2D eigenvalue weighted by Gasteiger charge is 2.55. The quantitative estimate of drug-likeness (QED) is 0.754. The van der Waals surface area contributed by atoms with Crippen molar-refractivity contribution in [2.75, 3.05) is 0 Å². The Balaban J connectivity index is 2.25. The van der Waals surface area contributed by atoms with Crippen LogP contribution < -0.4 is 5.73 Å². The first-order valence-electron chi connectivity index (χ1n) is 4.19. The Labute approximate surface area is 78.9 Å². The van der Waals surface area contributed by atoms with Crippen LogP contribution in [0.15, 0.2) is 18.5 Å². The zero-order valence-electron chi connectivity index (χ0n) is 7.30. The van der Waals surface area contributed by atoms with Crippen molar-refractivity contribution in [3.05, 3.63) is 29.8 Å². The van der Waals surface area contributed by atoms with E-state index in [4.69, 9.17) is 5.73 Å². The molecule has 76 valence electrons. The lowest BCUT2D eigenvalue weighted by Crippen LogP contribution is -2.55. The molecule has 2 nitrogen and oxygen atoms in total. The third-order valence-electron chi connectivity index (χ3n) is 2.43. The largest absolute Gasteiger partial charge is 0.321 e. The molecular weight excluding hydrogens is 193 g/mol. The summed E-state index contributed by atoms with van der Waals surface area (Å²) in [5, 5.41) is 0. The van der Waals surface area contributed by atoms with Gasteiger partial charge in [-0.15, -0.1) is 0 Å². The van der Waals surface area contributed by atoms with Gasteiger partial charge in [-0.2, -0.15) is 0 Å². The van der Waals surface area contributed by atoms with Gasteiger partial charge in [0.15, 0.2) is 0 Å². The van der Waals surface area contributed by atoms with Gasteiger partial charge < -0.3 is 5.73 Å². The van der Waals surface area contributed by atoms with E-state index in [2.05, 4.69) is 4.98 Å². The summed E-state index contributed by atoms with van der Waals surface area (Å²) in [6.07, 6.45) is 1.47.